The van der Waals surface area contributed by atoms with Gasteiger partial charge in [-0.15, -0.1) is 0 Å². The van der Waals surface area contributed by atoms with Gasteiger partial charge in [0.25, 0.3) is 0 Å². The van der Waals surface area contributed by atoms with Gasteiger partial charge in [-0.05, 0) is 26.7 Å². The Morgan fingerprint density at radius 1 is 1.53 bits per heavy atom. The average molecular weight is 210 g/mol. The van der Waals surface area contributed by atoms with Gasteiger partial charge in [0.2, 0.25) is 0 Å². The molecule has 0 radical (unpaired) electrons. The van der Waals surface area contributed by atoms with Gasteiger partial charge < -0.3 is 15.6 Å². The van der Waals surface area contributed by atoms with Gasteiger partial charge in [-0.3, -0.25) is 4.99 Å². The lowest BCUT2D eigenvalue weighted by Gasteiger charge is -2.04. The molecule has 0 atom stereocenters. The molecule has 3 N–H and O–H groups in total. The number of hydrogen-bond acceptors (Lipinski definition) is 3. The summed E-state index contributed by atoms with van der Waals surface area (Å²) in [7, 11) is 1.66. The molecule has 0 saturated carbocycles. The van der Waals surface area contributed by atoms with Crippen LogP contribution in [0.15, 0.2) is 9.52 Å². The van der Waals surface area contributed by atoms with Crippen molar-refractivity contribution in [3.8, 4) is 0 Å². The molecule has 1 heterocycles. The highest BCUT2D eigenvalue weighted by atomic mass is 16.5. The van der Waals surface area contributed by atoms with Gasteiger partial charge in [-0.1, -0.05) is 5.16 Å². The molecule has 0 aliphatic carbocycles. The van der Waals surface area contributed by atoms with Crippen molar-refractivity contribution in [3.63, 3.8) is 0 Å². The molecule has 0 spiro atoms. The standard InChI is InChI=1S/C10H18N4O/c1-7-9(8(2)15-14-7)5-4-6-13-10(11)12-3/h4-6H2,1-3H3,(H3,11,12,13). The predicted octanol–water partition coefficient (Wildman–Crippen LogP) is 0.758. The van der Waals surface area contributed by atoms with Crippen LogP contribution >= 0.6 is 0 Å². The van der Waals surface area contributed by atoms with Crippen LogP contribution in [0.5, 0.6) is 0 Å². The van der Waals surface area contributed by atoms with E-state index in [9.17, 15) is 0 Å². The summed E-state index contributed by atoms with van der Waals surface area (Å²) in [5.74, 6) is 1.39. The zero-order chi connectivity index (χ0) is 11.3. The van der Waals surface area contributed by atoms with Gasteiger partial charge in [-0.25, -0.2) is 0 Å². The summed E-state index contributed by atoms with van der Waals surface area (Å²) in [4.78, 5) is 3.81. The first-order chi connectivity index (χ1) is 7.15. The minimum absolute atomic E-state index is 0.480. The topological polar surface area (TPSA) is 76.4 Å². The molecule has 0 aliphatic heterocycles. The molecule has 5 heteroatoms. The minimum atomic E-state index is 0.480. The van der Waals surface area contributed by atoms with E-state index in [2.05, 4.69) is 15.5 Å². The van der Waals surface area contributed by atoms with Crippen LogP contribution in [0.2, 0.25) is 0 Å². The average Bonchev–Trinajstić information content (AvgIpc) is 2.54. The zero-order valence-electron chi connectivity index (χ0n) is 9.50. The van der Waals surface area contributed by atoms with Crippen molar-refractivity contribution in [1.82, 2.24) is 10.5 Å². The monoisotopic (exact) mass is 210 g/mol. The molecule has 1 aromatic heterocycles. The van der Waals surface area contributed by atoms with Crippen LogP contribution in [-0.2, 0) is 6.42 Å². The van der Waals surface area contributed by atoms with Gasteiger partial charge in [0.1, 0.15) is 5.76 Å². The summed E-state index contributed by atoms with van der Waals surface area (Å²) in [6.07, 6.45) is 1.93. The maximum Gasteiger partial charge on any atom is 0.188 e. The molecule has 5 nitrogen and oxygen atoms in total. The van der Waals surface area contributed by atoms with Crippen molar-refractivity contribution in [3.05, 3.63) is 17.0 Å². The summed E-state index contributed by atoms with van der Waals surface area (Å²) >= 11 is 0. The highest BCUT2D eigenvalue weighted by Crippen LogP contribution is 2.13. The Balaban J connectivity index is 2.32. The van der Waals surface area contributed by atoms with Crippen LogP contribution in [0.3, 0.4) is 0 Å². The number of aromatic nitrogens is 1. The van der Waals surface area contributed by atoms with Crippen molar-refractivity contribution in [2.75, 3.05) is 13.6 Å². The van der Waals surface area contributed by atoms with E-state index < -0.39 is 0 Å². The van der Waals surface area contributed by atoms with E-state index in [-0.39, 0.29) is 0 Å². The predicted molar refractivity (Wildman–Crippen MR) is 59.8 cm³/mol. The SMILES string of the molecule is CN=C(N)NCCCc1c(C)noc1C. The Bertz CT molecular complexity index is 324. The van der Waals surface area contributed by atoms with E-state index in [4.69, 9.17) is 10.3 Å². The maximum absolute atomic E-state index is 5.50. The Labute approximate surface area is 89.7 Å². The van der Waals surface area contributed by atoms with Crippen molar-refractivity contribution < 1.29 is 4.52 Å². The second kappa shape index (κ2) is 5.38. The highest BCUT2D eigenvalue weighted by Gasteiger charge is 2.07. The second-order valence-electron chi connectivity index (χ2n) is 3.44. The van der Waals surface area contributed by atoms with E-state index in [0.717, 1.165) is 30.8 Å². The molecule has 0 amide bonds. The maximum atomic E-state index is 5.50. The summed E-state index contributed by atoms with van der Waals surface area (Å²) in [5.41, 5.74) is 7.67. The van der Waals surface area contributed by atoms with Crippen LogP contribution in [0.25, 0.3) is 0 Å². The van der Waals surface area contributed by atoms with E-state index >= 15 is 0 Å². The Morgan fingerprint density at radius 3 is 2.80 bits per heavy atom. The molecule has 0 fully saturated rings. The summed E-state index contributed by atoms with van der Waals surface area (Å²) in [6.45, 7) is 4.71. The Hall–Kier alpha value is -1.52. The number of aliphatic imine (C=N–C) groups is 1. The van der Waals surface area contributed by atoms with Crippen molar-refractivity contribution >= 4 is 5.96 Å². The van der Waals surface area contributed by atoms with E-state index in [1.54, 1.807) is 7.05 Å². The molecule has 1 aromatic rings. The largest absolute Gasteiger partial charge is 0.370 e. The van der Waals surface area contributed by atoms with Gasteiger partial charge >= 0.3 is 0 Å². The quantitative estimate of drug-likeness (QED) is 0.437. The number of nitrogens with zero attached hydrogens (tertiary/aromatic N) is 2. The lowest BCUT2D eigenvalue weighted by atomic mass is 10.1. The van der Waals surface area contributed by atoms with E-state index in [1.807, 2.05) is 13.8 Å². The molecule has 0 saturated heterocycles. The van der Waals surface area contributed by atoms with E-state index in [1.165, 1.54) is 5.56 Å². The molecule has 0 bridgehead atoms. The number of rotatable bonds is 4. The number of aryl methyl sites for hydroxylation is 2. The first-order valence-corrected chi connectivity index (χ1v) is 5.03. The molecular formula is C10H18N4O. The van der Waals surface area contributed by atoms with Crippen LogP contribution in [0, 0.1) is 13.8 Å². The zero-order valence-corrected chi connectivity index (χ0v) is 9.50. The molecule has 0 aliphatic rings. The van der Waals surface area contributed by atoms with Crippen molar-refractivity contribution in [2.45, 2.75) is 26.7 Å². The first kappa shape index (κ1) is 11.6. The van der Waals surface area contributed by atoms with Gasteiger partial charge in [0.05, 0.1) is 5.69 Å². The highest BCUT2D eigenvalue weighted by molar-refractivity contribution is 5.77. The molecule has 1 rings (SSSR count). The van der Waals surface area contributed by atoms with E-state index in [0.29, 0.717) is 5.96 Å². The Kier molecular flexibility index (Phi) is 4.15. The molecule has 0 aromatic carbocycles. The lowest BCUT2D eigenvalue weighted by molar-refractivity contribution is 0.392. The fourth-order valence-electron chi connectivity index (χ4n) is 1.42. The second-order valence-corrected chi connectivity index (χ2v) is 3.44. The smallest absolute Gasteiger partial charge is 0.188 e. The summed E-state index contributed by atoms with van der Waals surface area (Å²) in [5, 5.41) is 6.91. The third-order valence-electron chi connectivity index (χ3n) is 2.33. The molecule has 0 unspecified atom stereocenters. The van der Waals surface area contributed by atoms with Crippen LogP contribution in [0.1, 0.15) is 23.4 Å². The van der Waals surface area contributed by atoms with Crippen molar-refractivity contribution in [2.24, 2.45) is 10.7 Å². The molecule has 84 valence electrons. The summed E-state index contributed by atoms with van der Waals surface area (Å²) in [6, 6.07) is 0. The van der Waals surface area contributed by atoms with Crippen molar-refractivity contribution in [1.29, 1.82) is 0 Å². The number of hydrogen-bond donors (Lipinski definition) is 2. The number of nitrogens with one attached hydrogen (secondary N) is 1. The molecule has 15 heavy (non-hydrogen) atoms. The minimum Gasteiger partial charge on any atom is -0.370 e. The normalized spacial score (nSPS) is 11.8. The lowest BCUT2D eigenvalue weighted by Crippen LogP contribution is -2.32. The fourth-order valence-corrected chi connectivity index (χ4v) is 1.42. The van der Waals surface area contributed by atoms with Crippen LogP contribution in [-0.4, -0.2) is 24.7 Å². The molecular weight excluding hydrogens is 192 g/mol. The first-order valence-electron chi connectivity index (χ1n) is 5.03. The van der Waals surface area contributed by atoms with Crippen LogP contribution < -0.4 is 11.1 Å². The summed E-state index contributed by atoms with van der Waals surface area (Å²) < 4.78 is 5.08. The van der Waals surface area contributed by atoms with Gasteiger partial charge in [0, 0.05) is 19.2 Å². The fraction of sp³-hybridized carbons (Fsp3) is 0.600. The van der Waals surface area contributed by atoms with Crippen LogP contribution in [0.4, 0.5) is 0 Å². The third kappa shape index (κ3) is 3.27. The van der Waals surface area contributed by atoms with Gasteiger partial charge in [-0.2, -0.15) is 0 Å². The third-order valence-corrected chi connectivity index (χ3v) is 2.33. The van der Waals surface area contributed by atoms with Gasteiger partial charge in [0.15, 0.2) is 5.96 Å². The number of nitrogens with two attached hydrogens (primary N) is 1. The Morgan fingerprint density at radius 2 is 2.27 bits per heavy atom. The number of guanidine groups is 1.